The summed E-state index contributed by atoms with van der Waals surface area (Å²) < 4.78 is 7.08. The van der Waals surface area contributed by atoms with E-state index in [9.17, 15) is 0 Å². The van der Waals surface area contributed by atoms with Crippen LogP contribution in [0.1, 0.15) is 0 Å². The summed E-state index contributed by atoms with van der Waals surface area (Å²) in [5.41, 5.74) is 4.33. The first-order chi connectivity index (χ1) is 11.8. The highest BCUT2D eigenvalue weighted by atomic mass is 79.9. The molecule has 5 rings (SSSR count). The fourth-order valence-electron chi connectivity index (χ4n) is 3.29. The van der Waals surface area contributed by atoms with E-state index < -0.39 is 0 Å². The molecule has 0 radical (unpaired) electrons. The van der Waals surface area contributed by atoms with Crippen LogP contribution < -0.4 is 0 Å². The Morgan fingerprint density at radius 1 is 0.583 bits per heavy atom. The van der Waals surface area contributed by atoms with Gasteiger partial charge in [0.05, 0.1) is 0 Å². The average molecular weight is 373 g/mol. The third-order valence-corrected chi connectivity index (χ3v) is 5.04. The van der Waals surface area contributed by atoms with Gasteiger partial charge >= 0.3 is 0 Å². The Labute approximate surface area is 147 Å². The number of hydrogen-bond donors (Lipinski definition) is 0. The Bertz CT molecular complexity index is 1200. The van der Waals surface area contributed by atoms with Gasteiger partial charge in [-0.25, -0.2) is 0 Å². The van der Waals surface area contributed by atoms with Gasteiger partial charge in [0.15, 0.2) is 0 Å². The van der Waals surface area contributed by atoms with Gasteiger partial charge in [-0.2, -0.15) is 0 Å². The number of benzene rings is 4. The van der Waals surface area contributed by atoms with Crippen molar-refractivity contribution in [3.8, 4) is 11.1 Å². The first kappa shape index (κ1) is 13.8. The van der Waals surface area contributed by atoms with E-state index in [-0.39, 0.29) is 0 Å². The first-order valence-electron chi connectivity index (χ1n) is 7.89. The van der Waals surface area contributed by atoms with Crippen LogP contribution in [0.2, 0.25) is 0 Å². The number of para-hydroxylation sites is 1. The van der Waals surface area contributed by atoms with Gasteiger partial charge in [-0.15, -0.1) is 0 Å². The molecule has 0 fully saturated rings. The molecule has 0 aliphatic heterocycles. The monoisotopic (exact) mass is 372 g/mol. The van der Waals surface area contributed by atoms with Gasteiger partial charge in [0.2, 0.25) is 0 Å². The fraction of sp³-hybridized carbons (Fsp3) is 0. The lowest BCUT2D eigenvalue weighted by molar-refractivity contribution is 0.669. The van der Waals surface area contributed by atoms with E-state index in [1.807, 2.05) is 12.1 Å². The standard InChI is InChI=1S/C22H13BrO/c23-18-9-7-14(8-10-18)15-5-6-16-13-22-20(12-17(16)11-15)19-3-1-2-4-21(19)24-22/h1-13H. The molecule has 2 heteroatoms. The quantitative estimate of drug-likeness (QED) is 0.304. The predicted octanol–water partition coefficient (Wildman–Crippen LogP) is 7.17. The molecule has 24 heavy (non-hydrogen) atoms. The zero-order chi connectivity index (χ0) is 16.1. The van der Waals surface area contributed by atoms with Crippen molar-refractivity contribution in [2.45, 2.75) is 0 Å². The highest BCUT2D eigenvalue weighted by molar-refractivity contribution is 9.10. The molecule has 0 saturated heterocycles. The molecule has 0 aliphatic carbocycles. The van der Waals surface area contributed by atoms with Gasteiger partial charge in [-0.05, 0) is 58.3 Å². The minimum absolute atomic E-state index is 0.941. The molecule has 5 aromatic rings. The van der Waals surface area contributed by atoms with E-state index in [1.54, 1.807) is 0 Å². The maximum Gasteiger partial charge on any atom is 0.136 e. The molecule has 0 atom stereocenters. The van der Waals surface area contributed by atoms with Crippen LogP contribution in [0.25, 0.3) is 43.8 Å². The summed E-state index contributed by atoms with van der Waals surface area (Å²) in [4.78, 5) is 0. The third kappa shape index (κ3) is 2.15. The van der Waals surface area contributed by atoms with Gasteiger partial charge in [0, 0.05) is 15.2 Å². The van der Waals surface area contributed by atoms with E-state index in [4.69, 9.17) is 4.42 Å². The fourth-order valence-corrected chi connectivity index (χ4v) is 3.55. The van der Waals surface area contributed by atoms with Gasteiger partial charge < -0.3 is 4.42 Å². The van der Waals surface area contributed by atoms with E-state index in [1.165, 1.54) is 32.7 Å². The Hall–Kier alpha value is -2.58. The Morgan fingerprint density at radius 3 is 2.25 bits per heavy atom. The molecule has 0 spiro atoms. The minimum atomic E-state index is 0.941. The number of furan rings is 1. The second-order valence-corrected chi connectivity index (χ2v) is 6.93. The van der Waals surface area contributed by atoms with Gasteiger partial charge in [-0.1, -0.05) is 58.4 Å². The minimum Gasteiger partial charge on any atom is -0.456 e. The maximum atomic E-state index is 5.98. The molecule has 0 bridgehead atoms. The summed E-state index contributed by atoms with van der Waals surface area (Å²) in [7, 11) is 0. The maximum absolute atomic E-state index is 5.98. The Balaban J connectivity index is 1.77. The van der Waals surface area contributed by atoms with E-state index >= 15 is 0 Å². The number of fused-ring (bicyclic) bond motifs is 4. The highest BCUT2D eigenvalue weighted by Gasteiger charge is 2.08. The summed E-state index contributed by atoms with van der Waals surface area (Å²) >= 11 is 3.49. The molecule has 0 unspecified atom stereocenters. The van der Waals surface area contributed by atoms with Crippen LogP contribution in [0, 0.1) is 0 Å². The van der Waals surface area contributed by atoms with Crippen LogP contribution in [0.5, 0.6) is 0 Å². The summed E-state index contributed by atoms with van der Waals surface area (Å²) in [6.07, 6.45) is 0. The average Bonchev–Trinajstić information content (AvgIpc) is 2.97. The van der Waals surface area contributed by atoms with Crippen molar-refractivity contribution in [2.24, 2.45) is 0 Å². The molecule has 1 heterocycles. The molecule has 1 aromatic heterocycles. The van der Waals surface area contributed by atoms with Gasteiger partial charge in [0.25, 0.3) is 0 Å². The van der Waals surface area contributed by atoms with Crippen molar-refractivity contribution < 1.29 is 4.42 Å². The molecule has 0 amide bonds. The van der Waals surface area contributed by atoms with Crippen LogP contribution in [0.3, 0.4) is 0 Å². The van der Waals surface area contributed by atoms with E-state index in [0.29, 0.717) is 0 Å². The largest absolute Gasteiger partial charge is 0.456 e. The molecule has 114 valence electrons. The van der Waals surface area contributed by atoms with Crippen LogP contribution in [-0.2, 0) is 0 Å². The zero-order valence-electron chi connectivity index (χ0n) is 12.8. The molecular formula is C22H13BrO. The van der Waals surface area contributed by atoms with Crippen LogP contribution >= 0.6 is 15.9 Å². The van der Waals surface area contributed by atoms with Crippen LogP contribution in [0.4, 0.5) is 0 Å². The predicted molar refractivity (Wildman–Crippen MR) is 104 cm³/mol. The highest BCUT2D eigenvalue weighted by Crippen LogP contribution is 2.33. The van der Waals surface area contributed by atoms with Gasteiger partial charge in [-0.3, -0.25) is 0 Å². The van der Waals surface area contributed by atoms with Crippen LogP contribution in [-0.4, -0.2) is 0 Å². The first-order valence-corrected chi connectivity index (χ1v) is 8.68. The lowest BCUT2D eigenvalue weighted by atomic mass is 10.00. The SMILES string of the molecule is Brc1ccc(-c2ccc3cc4oc5ccccc5c4cc3c2)cc1. The molecule has 0 aliphatic rings. The molecule has 1 nitrogen and oxygen atoms in total. The second-order valence-electron chi connectivity index (χ2n) is 6.02. The molecular weight excluding hydrogens is 360 g/mol. The van der Waals surface area contributed by atoms with Crippen molar-refractivity contribution in [1.29, 1.82) is 0 Å². The summed E-state index contributed by atoms with van der Waals surface area (Å²) in [6, 6.07) is 27.6. The number of halogens is 1. The Morgan fingerprint density at radius 2 is 1.38 bits per heavy atom. The van der Waals surface area contributed by atoms with Crippen molar-refractivity contribution in [1.82, 2.24) is 0 Å². The van der Waals surface area contributed by atoms with Crippen molar-refractivity contribution in [3.63, 3.8) is 0 Å². The van der Waals surface area contributed by atoms with Gasteiger partial charge in [0.1, 0.15) is 11.2 Å². The number of hydrogen-bond acceptors (Lipinski definition) is 1. The van der Waals surface area contributed by atoms with E-state index in [0.717, 1.165) is 15.6 Å². The lowest BCUT2D eigenvalue weighted by Crippen LogP contribution is -1.79. The normalized spacial score (nSPS) is 11.5. The molecule has 0 N–H and O–H groups in total. The third-order valence-electron chi connectivity index (χ3n) is 4.51. The summed E-state index contributed by atoms with van der Waals surface area (Å²) in [6.45, 7) is 0. The number of rotatable bonds is 1. The Kier molecular flexibility index (Phi) is 3.00. The zero-order valence-corrected chi connectivity index (χ0v) is 14.4. The molecule has 4 aromatic carbocycles. The summed E-state index contributed by atoms with van der Waals surface area (Å²) in [5.74, 6) is 0. The molecule has 0 saturated carbocycles. The lowest BCUT2D eigenvalue weighted by Gasteiger charge is -2.05. The van der Waals surface area contributed by atoms with Crippen molar-refractivity contribution >= 4 is 48.6 Å². The van der Waals surface area contributed by atoms with Crippen molar-refractivity contribution in [3.05, 3.63) is 83.3 Å². The summed E-state index contributed by atoms with van der Waals surface area (Å²) in [5, 5.41) is 4.77. The van der Waals surface area contributed by atoms with Crippen molar-refractivity contribution in [2.75, 3.05) is 0 Å². The second kappa shape index (κ2) is 5.22. The van der Waals surface area contributed by atoms with E-state index in [2.05, 4.69) is 82.7 Å². The van der Waals surface area contributed by atoms with Crippen LogP contribution in [0.15, 0.2) is 87.8 Å². The topological polar surface area (TPSA) is 13.1 Å². The smallest absolute Gasteiger partial charge is 0.136 e.